The lowest BCUT2D eigenvalue weighted by Crippen LogP contribution is -2.17. The van der Waals surface area contributed by atoms with Gasteiger partial charge in [-0.05, 0) is 48.5 Å². The average Bonchev–Trinajstić information content (AvgIpc) is 3.29. The van der Waals surface area contributed by atoms with Gasteiger partial charge in [0.15, 0.2) is 5.13 Å². The molecule has 0 unspecified atom stereocenters. The third-order valence-corrected chi connectivity index (χ3v) is 6.16. The van der Waals surface area contributed by atoms with E-state index in [2.05, 4.69) is 20.8 Å². The predicted molar refractivity (Wildman–Crippen MR) is 140 cm³/mol. The van der Waals surface area contributed by atoms with Crippen molar-refractivity contribution >= 4 is 69.1 Å². The Morgan fingerprint density at radius 3 is 2.47 bits per heavy atom. The topological polar surface area (TPSA) is 75.6 Å². The second-order valence-electron chi connectivity index (χ2n) is 6.96. The number of thiazole rings is 1. The minimum atomic E-state index is -0.363. The van der Waals surface area contributed by atoms with Crippen molar-refractivity contribution in [3.05, 3.63) is 92.2 Å². The molecule has 6 nitrogen and oxygen atoms in total. The van der Waals surface area contributed by atoms with E-state index in [9.17, 15) is 4.79 Å². The van der Waals surface area contributed by atoms with Crippen molar-refractivity contribution < 1.29 is 9.53 Å². The Labute approximate surface area is 215 Å². The molecule has 0 fully saturated rings. The van der Waals surface area contributed by atoms with E-state index in [4.69, 9.17) is 39.5 Å². The van der Waals surface area contributed by atoms with Crippen LogP contribution in [-0.2, 0) is 0 Å². The fourth-order valence-corrected chi connectivity index (χ4v) is 4.48. The SMILES string of the molecule is COc1c(Cl)cc(Cl)cc1/C=N\NC(=O)c1ccc(-c2csc(Nc3ccc(Cl)cc3)n2)cc1. The third-order valence-electron chi connectivity index (χ3n) is 4.65. The normalized spacial score (nSPS) is 10.9. The van der Waals surface area contributed by atoms with Crippen molar-refractivity contribution in [1.82, 2.24) is 10.4 Å². The fraction of sp³-hybridized carbons (Fsp3) is 0.0417. The van der Waals surface area contributed by atoms with Gasteiger partial charge in [-0.25, -0.2) is 10.4 Å². The van der Waals surface area contributed by atoms with Crippen LogP contribution in [-0.4, -0.2) is 24.2 Å². The van der Waals surface area contributed by atoms with E-state index in [-0.39, 0.29) is 5.91 Å². The Balaban J connectivity index is 1.40. The standard InChI is InChI=1S/C24H17Cl3N4O2S/c1-33-22-16(10-18(26)11-20(22)27)12-28-31-23(32)15-4-2-14(3-5-15)21-13-34-24(30-21)29-19-8-6-17(25)7-9-19/h2-13H,1H3,(H,29,30)(H,31,32)/b28-12-. The van der Waals surface area contributed by atoms with Crippen molar-refractivity contribution in [3.8, 4) is 17.0 Å². The van der Waals surface area contributed by atoms with Gasteiger partial charge in [-0.3, -0.25) is 4.79 Å². The van der Waals surface area contributed by atoms with Crippen LogP contribution in [0.15, 0.2) is 71.1 Å². The second-order valence-corrected chi connectivity index (χ2v) is 9.09. The molecule has 172 valence electrons. The zero-order valence-corrected chi connectivity index (χ0v) is 20.8. The highest BCUT2D eigenvalue weighted by Crippen LogP contribution is 2.31. The molecule has 4 rings (SSSR count). The summed E-state index contributed by atoms with van der Waals surface area (Å²) in [6, 6.07) is 17.7. The number of methoxy groups -OCH3 is 1. The lowest BCUT2D eigenvalue weighted by atomic mass is 10.1. The number of aromatic nitrogens is 1. The number of hydrogen-bond donors (Lipinski definition) is 2. The highest BCUT2D eigenvalue weighted by atomic mass is 35.5. The van der Waals surface area contributed by atoms with Crippen molar-refractivity contribution in [3.63, 3.8) is 0 Å². The molecule has 0 aliphatic carbocycles. The van der Waals surface area contributed by atoms with Crippen LogP contribution in [0.3, 0.4) is 0 Å². The number of benzene rings is 3. The molecule has 0 bridgehead atoms. The summed E-state index contributed by atoms with van der Waals surface area (Å²) >= 11 is 19.5. The number of nitrogens with zero attached hydrogens (tertiary/aromatic N) is 2. The molecule has 34 heavy (non-hydrogen) atoms. The van der Waals surface area contributed by atoms with E-state index in [0.29, 0.717) is 31.9 Å². The zero-order valence-electron chi connectivity index (χ0n) is 17.7. The first-order chi connectivity index (χ1) is 16.4. The van der Waals surface area contributed by atoms with E-state index in [1.807, 2.05) is 41.8 Å². The molecular formula is C24H17Cl3N4O2S. The second kappa shape index (κ2) is 10.9. The van der Waals surface area contributed by atoms with Crippen LogP contribution < -0.4 is 15.5 Å². The largest absolute Gasteiger partial charge is 0.495 e. The van der Waals surface area contributed by atoms with Crippen molar-refractivity contribution in [2.24, 2.45) is 5.10 Å². The number of rotatable bonds is 7. The van der Waals surface area contributed by atoms with Crippen LogP contribution in [0.25, 0.3) is 11.3 Å². The summed E-state index contributed by atoms with van der Waals surface area (Å²) in [5.41, 5.74) is 6.07. The minimum absolute atomic E-state index is 0.354. The van der Waals surface area contributed by atoms with Gasteiger partial charge in [0.05, 0.1) is 24.0 Å². The van der Waals surface area contributed by atoms with Gasteiger partial charge in [-0.2, -0.15) is 5.10 Å². The lowest BCUT2D eigenvalue weighted by Gasteiger charge is -2.07. The van der Waals surface area contributed by atoms with Crippen molar-refractivity contribution in [1.29, 1.82) is 0 Å². The monoisotopic (exact) mass is 530 g/mol. The first kappa shape index (κ1) is 24.0. The van der Waals surface area contributed by atoms with Gasteiger partial charge in [0.1, 0.15) is 5.75 Å². The van der Waals surface area contributed by atoms with Gasteiger partial charge in [-0.1, -0.05) is 46.9 Å². The summed E-state index contributed by atoms with van der Waals surface area (Å²) in [6.07, 6.45) is 1.42. The van der Waals surface area contributed by atoms with E-state index in [0.717, 1.165) is 22.1 Å². The molecule has 3 aromatic carbocycles. The molecule has 1 heterocycles. The first-order valence-corrected chi connectivity index (χ1v) is 11.9. The molecular weight excluding hydrogens is 515 g/mol. The Morgan fingerprint density at radius 1 is 1.03 bits per heavy atom. The van der Waals surface area contributed by atoms with Gasteiger partial charge in [0.25, 0.3) is 5.91 Å². The van der Waals surface area contributed by atoms with Gasteiger partial charge in [-0.15, -0.1) is 11.3 Å². The highest BCUT2D eigenvalue weighted by Gasteiger charge is 2.10. The Kier molecular flexibility index (Phi) is 7.70. The maximum Gasteiger partial charge on any atom is 0.271 e. The van der Waals surface area contributed by atoms with Gasteiger partial charge < -0.3 is 10.1 Å². The number of anilines is 2. The minimum Gasteiger partial charge on any atom is -0.495 e. The number of nitrogens with one attached hydrogen (secondary N) is 2. The smallest absolute Gasteiger partial charge is 0.271 e. The Bertz CT molecular complexity index is 1340. The van der Waals surface area contributed by atoms with Gasteiger partial charge in [0.2, 0.25) is 0 Å². The molecule has 0 spiro atoms. The van der Waals surface area contributed by atoms with E-state index >= 15 is 0 Å². The van der Waals surface area contributed by atoms with E-state index in [1.54, 1.807) is 24.3 Å². The average molecular weight is 532 g/mol. The number of hydrogen-bond acceptors (Lipinski definition) is 6. The van der Waals surface area contributed by atoms with Crippen LogP contribution in [0.2, 0.25) is 15.1 Å². The zero-order chi connectivity index (χ0) is 24.1. The molecule has 0 saturated carbocycles. The molecule has 0 saturated heterocycles. The van der Waals surface area contributed by atoms with Crippen LogP contribution in [0.1, 0.15) is 15.9 Å². The molecule has 2 N–H and O–H groups in total. The van der Waals surface area contributed by atoms with E-state index in [1.165, 1.54) is 24.7 Å². The predicted octanol–water partition coefficient (Wildman–Crippen LogP) is 7.29. The van der Waals surface area contributed by atoms with Crippen molar-refractivity contribution in [2.75, 3.05) is 12.4 Å². The molecule has 0 aliphatic rings. The first-order valence-electron chi connectivity index (χ1n) is 9.88. The number of amides is 1. The molecule has 0 radical (unpaired) electrons. The van der Waals surface area contributed by atoms with E-state index < -0.39 is 0 Å². The number of carbonyl (C=O) groups excluding carboxylic acids is 1. The Hall–Kier alpha value is -3.10. The Morgan fingerprint density at radius 2 is 1.76 bits per heavy atom. The van der Waals surface area contributed by atoms with Crippen molar-refractivity contribution in [2.45, 2.75) is 0 Å². The molecule has 4 aromatic rings. The summed E-state index contributed by atoms with van der Waals surface area (Å²) < 4.78 is 5.26. The summed E-state index contributed by atoms with van der Waals surface area (Å²) in [5.74, 6) is 0.0554. The number of halogens is 3. The molecule has 0 atom stereocenters. The number of carbonyl (C=O) groups is 1. The van der Waals surface area contributed by atoms with Crippen LogP contribution in [0.5, 0.6) is 5.75 Å². The summed E-state index contributed by atoms with van der Waals surface area (Å²) in [7, 11) is 1.49. The van der Waals surface area contributed by atoms with Gasteiger partial charge >= 0.3 is 0 Å². The van der Waals surface area contributed by atoms with Crippen LogP contribution in [0, 0.1) is 0 Å². The molecule has 10 heteroatoms. The highest BCUT2D eigenvalue weighted by molar-refractivity contribution is 7.14. The maximum atomic E-state index is 12.5. The van der Waals surface area contributed by atoms with Crippen LogP contribution in [0.4, 0.5) is 10.8 Å². The number of hydrazone groups is 1. The fourth-order valence-electron chi connectivity index (χ4n) is 3.03. The quantitative estimate of drug-likeness (QED) is 0.194. The lowest BCUT2D eigenvalue weighted by molar-refractivity contribution is 0.0955. The molecule has 0 aliphatic heterocycles. The van der Waals surface area contributed by atoms with Crippen LogP contribution >= 0.6 is 46.1 Å². The maximum absolute atomic E-state index is 12.5. The third kappa shape index (κ3) is 5.87. The number of ether oxygens (including phenoxy) is 1. The molecule has 1 aromatic heterocycles. The molecule has 1 amide bonds. The van der Waals surface area contributed by atoms with Gasteiger partial charge in [0, 0.05) is 37.8 Å². The summed E-state index contributed by atoms with van der Waals surface area (Å²) in [6.45, 7) is 0. The summed E-state index contributed by atoms with van der Waals surface area (Å²) in [4.78, 5) is 17.1. The summed E-state index contributed by atoms with van der Waals surface area (Å²) in [5, 5.41) is 11.4.